The minimum atomic E-state index is 0.626. The van der Waals surface area contributed by atoms with Crippen molar-refractivity contribution in [2.24, 2.45) is 13.0 Å². The molecule has 1 N–H and O–H groups in total. The van der Waals surface area contributed by atoms with Crippen LogP contribution in [-0.4, -0.2) is 46.2 Å². The second-order valence-electron chi connectivity index (χ2n) is 5.95. The number of nitrogens with one attached hydrogen (secondary N) is 1. The molecule has 1 fully saturated rings. The number of hydrogen-bond donors (Lipinski definition) is 1. The molecule has 4 heteroatoms. The summed E-state index contributed by atoms with van der Waals surface area (Å²) < 4.78 is 2.12. The maximum atomic E-state index is 4.42. The predicted octanol–water partition coefficient (Wildman–Crippen LogP) is 1.67. The number of hydrogen-bond acceptors (Lipinski definition) is 3. The van der Waals surface area contributed by atoms with Crippen molar-refractivity contribution in [1.29, 1.82) is 0 Å². The van der Waals surface area contributed by atoms with E-state index in [9.17, 15) is 0 Å². The summed E-state index contributed by atoms with van der Waals surface area (Å²) in [4.78, 5) is 7.03. The first kappa shape index (κ1) is 14.5. The van der Waals surface area contributed by atoms with Crippen LogP contribution in [0.25, 0.3) is 0 Å². The van der Waals surface area contributed by atoms with E-state index in [2.05, 4.69) is 47.6 Å². The van der Waals surface area contributed by atoms with Crippen molar-refractivity contribution in [3.8, 4) is 0 Å². The molecule has 4 nitrogen and oxygen atoms in total. The summed E-state index contributed by atoms with van der Waals surface area (Å²) in [7, 11) is 2.07. The van der Waals surface area contributed by atoms with Crippen molar-refractivity contribution >= 4 is 0 Å². The van der Waals surface area contributed by atoms with Gasteiger partial charge in [0.1, 0.15) is 5.82 Å². The van der Waals surface area contributed by atoms with Crippen molar-refractivity contribution < 1.29 is 0 Å². The molecule has 0 bridgehead atoms. The lowest BCUT2D eigenvalue weighted by Gasteiger charge is -2.41. The molecule has 1 aliphatic rings. The molecule has 1 aliphatic heterocycles. The SMILES string of the molecule is CCC(C)C1CN(CCc2nccn2C)C(C)CN1. The fraction of sp³-hybridized carbons (Fsp3) is 0.800. The molecule has 19 heavy (non-hydrogen) atoms. The number of piperazine rings is 1. The number of rotatable bonds is 5. The third-order valence-electron chi connectivity index (χ3n) is 4.60. The zero-order valence-corrected chi connectivity index (χ0v) is 12.8. The highest BCUT2D eigenvalue weighted by molar-refractivity contribution is 4.93. The van der Waals surface area contributed by atoms with Gasteiger partial charge < -0.3 is 9.88 Å². The van der Waals surface area contributed by atoms with Crippen LogP contribution in [0.15, 0.2) is 12.4 Å². The maximum Gasteiger partial charge on any atom is 0.109 e. The van der Waals surface area contributed by atoms with Crippen molar-refractivity contribution in [1.82, 2.24) is 19.8 Å². The highest BCUT2D eigenvalue weighted by atomic mass is 15.2. The van der Waals surface area contributed by atoms with Gasteiger partial charge in [-0.1, -0.05) is 20.3 Å². The highest BCUT2D eigenvalue weighted by Crippen LogP contribution is 2.15. The van der Waals surface area contributed by atoms with E-state index in [0.29, 0.717) is 12.1 Å². The van der Waals surface area contributed by atoms with Crippen LogP contribution < -0.4 is 5.32 Å². The smallest absolute Gasteiger partial charge is 0.109 e. The average Bonchev–Trinajstić information content (AvgIpc) is 2.82. The van der Waals surface area contributed by atoms with Gasteiger partial charge in [0, 0.05) is 57.6 Å². The van der Waals surface area contributed by atoms with E-state index in [4.69, 9.17) is 0 Å². The molecular formula is C15H28N4. The van der Waals surface area contributed by atoms with E-state index in [1.54, 1.807) is 0 Å². The molecular weight excluding hydrogens is 236 g/mol. The fourth-order valence-corrected chi connectivity index (χ4v) is 2.81. The molecule has 0 radical (unpaired) electrons. The highest BCUT2D eigenvalue weighted by Gasteiger charge is 2.27. The first-order valence-electron chi connectivity index (χ1n) is 7.55. The zero-order chi connectivity index (χ0) is 13.8. The van der Waals surface area contributed by atoms with E-state index in [0.717, 1.165) is 25.4 Å². The van der Waals surface area contributed by atoms with Gasteiger partial charge in [0.15, 0.2) is 0 Å². The van der Waals surface area contributed by atoms with Gasteiger partial charge >= 0.3 is 0 Å². The Morgan fingerprint density at radius 1 is 1.53 bits per heavy atom. The Labute approximate surface area is 117 Å². The summed E-state index contributed by atoms with van der Waals surface area (Å²) in [5.41, 5.74) is 0. The van der Waals surface area contributed by atoms with Crippen LogP contribution in [0.4, 0.5) is 0 Å². The Bertz CT molecular complexity index is 387. The summed E-state index contributed by atoms with van der Waals surface area (Å²) in [6.07, 6.45) is 6.21. The quantitative estimate of drug-likeness (QED) is 0.878. The lowest BCUT2D eigenvalue weighted by molar-refractivity contribution is 0.119. The van der Waals surface area contributed by atoms with E-state index < -0.39 is 0 Å². The summed E-state index contributed by atoms with van der Waals surface area (Å²) >= 11 is 0. The second-order valence-corrected chi connectivity index (χ2v) is 5.95. The van der Waals surface area contributed by atoms with E-state index >= 15 is 0 Å². The molecule has 0 aliphatic carbocycles. The van der Waals surface area contributed by atoms with Gasteiger partial charge in [-0.25, -0.2) is 4.98 Å². The third kappa shape index (κ3) is 3.57. The van der Waals surface area contributed by atoms with Gasteiger partial charge in [-0.2, -0.15) is 0 Å². The molecule has 3 unspecified atom stereocenters. The number of aryl methyl sites for hydroxylation is 1. The molecule has 0 amide bonds. The van der Waals surface area contributed by atoms with Gasteiger partial charge in [-0.05, 0) is 12.8 Å². The van der Waals surface area contributed by atoms with Crippen molar-refractivity contribution in [3.63, 3.8) is 0 Å². The Hall–Kier alpha value is -0.870. The Kier molecular flexibility index (Phi) is 4.99. The summed E-state index contributed by atoms with van der Waals surface area (Å²) in [6.45, 7) is 10.3. The van der Waals surface area contributed by atoms with Crippen LogP contribution >= 0.6 is 0 Å². The lowest BCUT2D eigenvalue weighted by atomic mass is 9.95. The lowest BCUT2D eigenvalue weighted by Crippen LogP contribution is -2.57. The second kappa shape index (κ2) is 6.53. The van der Waals surface area contributed by atoms with Gasteiger partial charge in [0.25, 0.3) is 0 Å². The summed E-state index contributed by atoms with van der Waals surface area (Å²) in [5, 5.41) is 3.69. The van der Waals surface area contributed by atoms with Crippen LogP contribution in [0.2, 0.25) is 0 Å². The predicted molar refractivity (Wildman–Crippen MR) is 79.2 cm³/mol. The normalized spacial score (nSPS) is 26.5. The molecule has 0 saturated carbocycles. The maximum absolute atomic E-state index is 4.42. The standard InChI is InChI=1S/C15H28N4/c1-5-12(2)14-11-19(13(3)10-17-14)8-6-15-16-7-9-18(15)4/h7,9,12-14,17H,5-6,8,10-11H2,1-4H3. The number of imidazole rings is 1. The molecule has 1 aromatic heterocycles. The van der Waals surface area contributed by atoms with Crippen LogP contribution in [0.3, 0.4) is 0 Å². The first-order valence-corrected chi connectivity index (χ1v) is 7.55. The van der Waals surface area contributed by atoms with Gasteiger partial charge in [0.05, 0.1) is 0 Å². The molecule has 2 heterocycles. The molecule has 2 rings (SSSR count). The van der Waals surface area contributed by atoms with Crippen LogP contribution in [0.5, 0.6) is 0 Å². The first-order chi connectivity index (χ1) is 9.11. The molecule has 3 atom stereocenters. The van der Waals surface area contributed by atoms with E-state index in [-0.39, 0.29) is 0 Å². The Morgan fingerprint density at radius 3 is 2.95 bits per heavy atom. The Morgan fingerprint density at radius 2 is 2.32 bits per heavy atom. The largest absolute Gasteiger partial charge is 0.338 e. The van der Waals surface area contributed by atoms with Crippen LogP contribution in [-0.2, 0) is 13.5 Å². The van der Waals surface area contributed by atoms with Gasteiger partial charge in [-0.15, -0.1) is 0 Å². The van der Waals surface area contributed by atoms with Crippen LogP contribution in [0.1, 0.15) is 33.0 Å². The van der Waals surface area contributed by atoms with Crippen molar-refractivity contribution in [2.45, 2.75) is 45.7 Å². The van der Waals surface area contributed by atoms with Crippen LogP contribution in [0, 0.1) is 5.92 Å². The summed E-state index contributed by atoms with van der Waals surface area (Å²) in [6, 6.07) is 1.27. The number of nitrogens with zero attached hydrogens (tertiary/aromatic N) is 3. The topological polar surface area (TPSA) is 33.1 Å². The van der Waals surface area contributed by atoms with Gasteiger partial charge in [-0.3, -0.25) is 4.90 Å². The molecule has 0 aromatic carbocycles. The molecule has 0 spiro atoms. The minimum Gasteiger partial charge on any atom is -0.338 e. The fourth-order valence-electron chi connectivity index (χ4n) is 2.81. The third-order valence-corrected chi connectivity index (χ3v) is 4.60. The number of aromatic nitrogens is 2. The van der Waals surface area contributed by atoms with Crippen molar-refractivity contribution in [3.05, 3.63) is 18.2 Å². The minimum absolute atomic E-state index is 0.626. The van der Waals surface area contributed by atoms with Crippen molar-refractivity contribution in [2.75, 3.05) is 19.6 Å². The van der Waals surface area contributed by atoms with Gasteiger partial charge in [0.2, 0.25) is 0 Å². The average molecular weight is 264 g/mol. The molecule has 1 aromatic rings. The monoisotopic (exact) mass is 264 g/mol. The molecule has 108 valence electrons. The van der Waals surface area contributed by atoms with E-state index in [1.165, 1.54) is 18.8 Å². The summed E-state index contributed by atoms with van der Waals surface area (Å²) in [5.74, 6) is 1.94. The molecule has 1 saturated heterocycles. The van der Waals surface area contributed by atoms with E-state index in [1.807, 2.05) is 12.4 Å². The Balaban J connectivity index is 1.89. The zero-order valence-electron chi connectivity index (χ0n) is 12.8.